The highest BCUT2D eigenvalue weighted by Gasteiger charge is 2.77. The number of alkyl halides is 2. The minimum absolute atomic E-state index is 0.118. The number of imide groups is 2. The summed E-state index contributed by atoms with van der Waals surface area (Å²) in [6, 6.07) is 9.34. The molecule has 9 nitrogen and oxygen atoms in total. The molecule has 6 atom stereocenters. The molecule has 2 heterocycles. The summed E-state index contributed by atoms with van der Waals surface area (Å²) in [5.74, 6) is -24.2. The van der Waals surface area contributed by atoms with Gasteiger partial charge in [-0.05, 0) is 24.1 Å². The molecule has 2 aliphatic heterocycles. The van der Waals surface area contributed by atoms with Gasteiger partial charge in [0.1, 0.15) is 11.4 Å². The molecule has 3 aromatic rings. The van der Waals surface area contributed by atoms with E-state index in [-0.39, 0.29) is 27.8 Å². The number of anilines is 1. The molecule has 0 radical (unpaired) electrons. The highest BCUT2D eigenvalue weighted by atomic mass is 35.5. The lowest BCUT2D eigenvalue weighted by atomic mass is 9.56. The number of amides is 4. The van der Waals surface area contributed by atoms with Crippen molar-refractivity contribution in [1.29, 1.82) is 0 Å². The Hall–Kier alpha value is -4.56. The molecule has 16 heteroatoms. The topological polar surface area (TPSA) is 132 Å². The lowest BCUT2D eigenvalue weighted by Gasteiger charge is -2.50. The number of benzene rings is 3. The Morgan fingerprint density at radius 2 is 1.49 bits per heavy atom. The smallest absolute Gasteiger partial charge is 0.305 e. The number of aliphatic carboxylic acids is 1. The summed E-state index contributed by atoms with van der Waals surface area (Å²) in [4.78, 5) is 61.9. The highest BCUT2D eigenvalue weighted by molar-refractivity contribution is 6.58. The molecule has 4 aliphatic rings. The van der Waals surface area contributed by atoms with E-state index in [2.05, 4.69) is 0 Å². The van der Waals surface area contributed by atoms with Gasteiger partial charge < -0.3 is 10.2 Å². The number of rotatable bonds is 5. The Balaban J connectivity index is 1.46. The molecule has 7 rings (SSSR count). The second kappa shape index (κ2) is 11.0. The van der Waals surface area contributed by atoms with E-state index in [9.17, 15) is 47.4 Å². The van der Waals surface area contributed by atoms with E-state index in [1.165, 1.54) is 24.3 Å². The molecule has 3 fully saturated rings. The van der Waals surface area contributed by atoms with Gasteiger partial charge in [-0.3, -0.25) is 28.9 Å². The lowest BCUT2D eigenvalue weighted by molar-refractivity contribution is -0.142. The van der Waals surface area contributed by atoms with Crippen LogP contribution in [0.3, 0.4) is 0 Å². The number of carboxylic acid groups (broad SMARTS) is 1. The van der Waals surface area contributed by atoms with Crippen molar-refractivity contribution in [2.45, 2.75) is 34.9 Å². The normalized spacial score (nSPS) is 29.3. The Kier molecular flexibility index (Phi) is 7.38. The number of hydrogen-bond donors (Lipinski definition) is 2. The molecular formula is C33H21Cl2F5N2O7. The Morgan fingerprint density at radius 1 is 0.857 bits per heavy atom. The summed E-state index contributed by atoms with van der Waals surface area (Å²) in [5, 5.41) is 21.5. The molecule has 3 aromatic carbocycles. The minimum atomic E-state index is -2.80. The van der Waals surface area contributed by atoms with Crippen molar-refractivity contribution in [2.75, 3.05) is 11.4 Å². The van der Waals surface area contributed by atoms with Gasteiger partial charge in [0.2, 0.25) is 17.6 Å². The number of phenolic OH excluding ortho intramolecular Hbond substituents is 1. The first-order valence-electron chi connectivity index (χ1n) is 14.8. The molecule has 49 heavy (non-hydrogen) atoms. The molecule has 0 bridgehead atoms. The van der Waals surface area contributed by atoms with Crippen molar-refractivity contribution < 1.29 is 56.1 Å². The molecule has 2 aliphatic carbocycles. The fourth-order valence-corrected chi connectivity index (χ4v) is 8.84. The third kappa shape index (κ3) is 4.19. The summed E-state index contributed by atoms with van der Waals surface area (Å²) in [7, 11) is 0. The maximum atomic E-state index is 15.2. The second-order valence-corrected chi connectivity index (χ2v) is 13.6. The van der Waals surface area contributed by atoms with Crippen LogP contribution in [0.2, 0.25) is 0 Å². The average molecular weight is 723 g/mol. The van der Waals surface area contributed by atoms with Crippen LogP contribution in [0.4, 0.5) is 27.6 Å². The van der Waals surface area contributed by atoms with Gasteiger partial charge >= 0.3 is 5.97 Å². The monoisotopic (exact) mass is 722 g/mol. The SMILES string of the molecule is O=C(O)CCN1C(=O)C2CC=C3C(CC4(Cl)C(=O)N(c5c(F)c(F)c(F)c(F)c5F)C(=O)C4(Cl)C3c3ccc4ccccc4c3O)C2C1=O. The van der Waals surface area contributed by atoms with Crippen LogP contribution in [-0.2, 0) is 24.0 Å². The maximum absolute atomic E-state index is 15.2. The van der Waals surface area contributed by atoms with Gasteiger partial charge in [0, 0.05) is 23.4 Å². The number of likely N-dealkylation sites (tertiary alicyclic amines) is 1. The Labute approximate surface area is 282 Å². The van der Waals surface area contributed by atoms with Crippen LogP contribution < -0.4 is 4.90 Å². The molecule has 254 valence electrons. The van der Waals surface area contributed by atoms with E-state index < -0.39 is 123 Å². The molecule has 1 saturated carbocycles. The van der Waals surface area contributed by atoms with Crippen LogP contribution in [-0.4, -0.2) is 61.0 Å². The van der Waals surface area contributed by atoms with Gasteiger partial charge in [-0.25, -0.2) is 26.9 Å². The first-order valence-corrected chi connectivity index (χ1v) is 15.6. The van der Waals surface area contributed by atoms with Crippen molar-refractivity contribution in [3.63, 3.8) is 0 Å². The number of carboxylic acids is 1. The lowest BCUT2D eigenvalue weighted by Crippen LogP contribution is -2.60. The number of fused-ring (bicyclic) bond motifs is 5. The fourth-order valence-electron chi connectivity index (χ4n) is 7.91. The molecule has 2 saturated heterocycles. The van der Waals surface area contributed by atoms with E-state index in [0.717, 1.165) is 4.90 Å². The summed E-state index contributed by atoms with van der Waals surface area (Å²) in [6.45, 7) is -0.464. The molecule has 4 amide bonds. The predicted molar refractivity (Wildman–Crippen MR) is 161 cm³/mol. The number of halogens is 7. The minimum Gasteiger partial charge on any atom is -0.507 e. The van der Waals surface area contributed by atoms with Crippen molar-refractivity contribution in [1.82, 2.24) is 4.90 Å². The molecule has 2 N–H and O–H groups in total. The van der Waals surface area contributed by atoms with E-state index in [4.69, 9.17) is 23.2 Å². The van der Waals surface area contributed by atoms with Crippen molar-refractivity contribution >= 4 is 69.3 Å². The van der Waals surface area contributed by atoms with E-state index in [1.54, 1.807) is 18.2 Å². The van der Waals surface area contributed by atoms with Crippen LogP contribution in [0, 0.1) is 46.8 Å². The van der Waals surface area contributed by atoms with Gasteiger partial charge in [-0.1, -0.05) is 48.0 Å². The van der Waals surface area contributed by atoms with Crippen LogP contribution in [0.5, 0.6) is 5.75 Å². The van der Waals surface area contributed by atoms with Gasteiger partial charge in [0.25, 0.3) is 11.8 Å². The highest BCUT2D eigenvalue weighted by Crippen LogP contribution is 2.67. The van der Waals surface area contributed by atoms with Crippen molar-refractivity contribution in [3.8, 4) is 5.75 Å². The van der Waals surface area contributed by atoms with E-state index >= 15 is 8.78 Å². The number of nitrogens with zero attached hydrogens (tertiary/aromatic N) is 2. The van der Waals surface area contributed by atoms with Gasteiger partial charge in [0.15, 0.2) is 33.0 Å². The molecular weight excluding hydrogens is 702 g/mol. The number of aromatic hydroxyl groups is 1. The number of carbonyl (C=O) groups excluding carboxylic acids is 4. The summed E-state index contributed by atoms with van der Waals surface area (Å²) in [6.07, 6.45) is 0.0688. The number of allylic oxidation sites excluding steroid dienone is 2. The van der Waals surface area contributed by atoms with Crippen LogP contribution in [0.1, 0.15) is 30.7 Å². The standard InChI is InChI=1S/C33H21Cl2F5N2O7/c34-32-11-17-14(7-8-15-19(17)29(47)41(28(15)46)10-9-18(43)44)20(16-6-5-12-3-1-2-4-13(12)27(16)45)33(32,35)31(49)42(30(32)48)26-24(39)22(37)21(36)23(38)25(26)40/h1-7,15,17,19-20,45H,8-11H2,(H,43,44). The zero-order valence-corrected chi connectivity index (χ0v) is 26.2. The van der Waals surface area contributed by atoms with E-state index in [0.29, 0.717) is 5.39 Å². The fraction of sp³-hybridized carbons (Fsp3) is 0.303. The number of carbonyl (C=O) groups is 5. The maximum Gasteiger partial charge on any atom is 0.305 e. The Morgan fingerprint density at radius 3 is 2.14 bits per heavy atom. The van der Waals surface area contributed by atoms with Crippen LogP contribution >= 0.6 is 23.2 Å². The van der Waals surface area contributed by atoms with Gasteiger partial charge in [-0.2, -0.15) is 0 Å². The van der Waals surface area contributed by atoms with Crippen molar-refractivity contribution in [2.24, 2.45) is 17.8 Å². The van der Waals surface area contributed by atoms with Gasteiger partial charge in [0.05, 0.1) is 18.3 Å². The summed E-state index contributed by atoms with van der Waals surface area (Å²) < 4.78 is 73.2. The van der Waals surface area contributed by atoms with Crippen LogP contribution in [0.25, 0.3) is 10.8 Å². The zero-order valence-electron chi connectivity index (χ0n) is 24.7. The summed E-state index contributed by atoms with van der Waals surface area (Å²) in [5.41, 5.74) is -1.88. The molecule has 0 spiro atoms. The molecule has 0 aromatic heterocycles. The largest absolute Gasteiger partial charge is 0.507 e. The first-order chi connectivity index (χ1) is 23.1. The second-order valence-electron chi connectivity index (χ2n) is 12.4. The predicted octanol–water partition coefficient (Wildman–Crippen LogP) is 5.28. The van der Waals surface area contributed by atoms with E-state index in [1.807, 2.05) is 0 Å². The van der Waals surface area contributed by atoms with Crippen molar-refractivity contribution in [3.05, 3.63) is 82.7 Å². The third-order valence-corrected chi connectivity index (χ3v) is 11.5. The molecule has 6 unspecified atom stereocenters. The zero-order chi connectivity index (χ0) is 35.5. The van der Waals surface area contributed by atoms with Crippen LogP contribution in [0.15, 0.2) is 48.0 Å². The quantitative estimate of drug-likeness (QED) is 0.0915. The summed E-state index contributed by atoms with van der Waals surface area (Å²) >= 11 is 14.2. The number of hydrogen-bond acceptors (Lipinski definition) is 6. The van der Waals surface area contributed by atoms with Gasteiger partial charge in [-0.15, -0.1) is 23.2 Å². The third-order valence-electron chi connectivity index (χ3n) is 10.1. The average Bonchev–Trinajstić information content (AvgIpc) is 3.40. The first kappa shape index (κ1) is 33.0. The number of phenols is 1. The Bertz CT molecular complexity index is 2080.